The number of hydrogen-bond donors (Lipinski definition) is 2. The minimum atomic E-state index is -0.565. The number of amides is 2. The van der Waals surface area contributed by atoms with Gasteiger partial charge < -0.3 is 15.0 Å². The Bertz CT molecular complexity index is 1400. The second-order valence-electron chi connectivity index (χ2n) is 10.4. The fraction of sp³-hybridized carbons (Fsp3) is 0.429. The second kappa shape index (κ2) is 10.4. The van der Waals surface area contributed by atoms with Crippen molar-refractivity contribution >= 4 is 29.1 Å². The molecule has 0 bridgehead atoms. The lowest BCUT2D eigenvalue weighted by atomic mass is 9.86. The summed E-state index contributed by atoms with van der Waals surface area (Å²) in [5.74, 6) is 1.05. The minimum Gasteiger partial charge on any atom is -0.495 e. The largest absolute Gasteiger partial charge is 0.495 e. The summed E-state index contributed by atoms with van der Waals surface area (Å²) in [5, 5.41) is 16.8. The van der Waals surface area contributed by atoms with Crippen LogP contribution in [0.3, 0.4) is 0 Å². The first-order valence-corrected chi connectivity index (χ1v) is 13.7. The molecule has 2 amide bonds. The van der Waals surface area contributed by atoms with Crippen molar-refractivity contribution in [1.82, 2.24) is 30.8 Å². The zero-order valence-electron chi connectivity index (χ0n) is 21.7. The van der Waals surface area contributed by atoms with Crippen molar-refractivity contribution in [1.29, 1.82) is 0 Å². The number of halogens is 1. The van der Waals surface area contributed by atoms with E-state index in [1.807, 2.05) is 30.3 Å². The molecule has 1 aliphatic heterocycles. The highest BCUT2D eigenvalue weighted by atomic mass is 35.5. The van der Waals surface area contributed by atoms with Crippen LogP contribution in [0.5, 0.6) is 5.75 Å². The third-order valence-corrected chi connectivity index (χ3v) is 8.22. The zero-order chi connectivity index (χ0) is 27.0. The fourth-order valence-electron chi connectivity index (χ4n) is 5.87. The van der Waals surface area contributed by atoms with Crippen molar-refractivity contribution in [3.05, 3.63) is 70.0 Å². The van der Waals surface area contributed by atoms with Crippen LogP contribution in [-0.2, 0) is 11.3 Å². The van der Waals surface area contributed by atoms with E-state index in [2.05, 4.69) is 30.8 Å². The van der Waals surface area contributed by atoms with Gasteiger partial charge in [-0.2, -0.15) is 5.21 Å². The predicted octanol–water partition coefficient (Wildman–Crippen LogP) is 4.23. The number of ether oxygens (including phenoxy) is 1. The molecule has 10 nitrogen and oxygen atoms in total. The van der Waals surface area contributed by atoms with Crippen molar-refractivity contribution < 1.29 is 14.3 Å². The van der Waals surface area contributed by atoms with Gasteiger partial charge in [0, 0.05) is 11.1 Å². The monoisotopic (exact) mass is 547 g/mol. The normalized spacial score (nSPS) is 19.2. The third-order valence-electron chi connectivity index (χ3n) is 7.93. The number of rotatable bonds is 8. The summed E-state index contributed by atoms with van der Waals surface area (Å²) in [6.07, 6.45) is 6.99. The van der Waals surface area contributed by atoms with E-state index in [9.17, 15) is 9.59 Å². The maximum atomic E-state index is 14.2. The number of aliphatic imine (C=N–C) groups is 1. The molecule has 2 N–H and O–H groups in total. The Labute approximate surface area is 231 Å². The van der Waals surface area contributed by atoms with Crippen molar-refractivity contribution in [2.75, 3.05) is 7.11 Å². The molecule has 2 heterocycles. The first kappa shape index (κ1) is 25.5. The van der Waals surface area contributed by atoms with Crippen molar-refractivity contribution in [2.24, 2.45) is 10.9 Å². The summed E-state index contributed by atoms with van der Waals surface area (Å²) in [6, 6.07) is 12.9. The summed E-state index contributed by atoms with van der Waals surface area (Å²) in [7, 11) is 1.57. The van der Waals surface area contributed by atoms with Crippen LogP contribution in [-0.4, -0.2) is 55.8 Å². The SMILES string of the molecule is COc1ccc(C2=NC3(CCCCC3)N(C(c3ccc(C(=O)NCc4nn[nH]n4)cc3)C3CC3)C2=O)cc1Cl. The zero-order valence-corrected chi connectivity index (χ0v) is 22.4. The van der Waals surface area contributed by atoms with Gasteiger partial charge in [-0.25, -0.2) is 0 Å². The molecular weight excluding hydrogens is 518 g/mol. The number of nitrogens with one attached hydrogen (secondary N) is 2. The maximum Gasteiger partial charge on any atom is 0.275 e. The van der Waals surface area contributed by atoms with E-state index >= 15 is 0 Å². The molecule has 1 aromatic heterocycles. The summed E-state index contributed by atoms with van der Waals surface area (Å²) < 4.78 is 5.31. The number of nitrogens with zero attached hydrogens (tertiary/aromatic N) is 5. The van der Waals surface area contributed by atoms with Crippen LogP contribution in [0.4, 0.5) is 0 Å². The molecule has 1 spiro atoms. The Kier molecular flexibility index (Phi) is 6.80. The Hall–Kier alpha value is -3.79. The highest BCUT2D eigenvalue weighted by Crippen LogP contribution is 2.52. The van der Waals surface area contributed by atoms with Gasteiger partial charge >= 0.3 is 0 Å². The summed E-state index contributed by atoms with van der Waals surface area (Å²) in [5.41, 5.74) is 2.16. The van der Waals surface area contributed by atoms with Crippen molar-refractivity contribution in [2.45, 2.75) is 63.2 Å². The lowest BCUT2D eigenvalue weighted by Gasteiger charge is -2.44. The van der Waals surface area contributed by atoms with E-state index in [-0.39, 0.29) is 24.4 Å². The molecule has 0 radical (unpaired) electrons. The lowest BCUT2D eigenvalue weighted by molar-refractivity contribution is -0.133. The van der Waals surface area contributed by atoms with Gasteiger partial charge in [0.25, 0.3) is 11.8 Å². The molecule has 2 saturated carbocycles. The van der Waals surface area contributed by atoms with Gasteiger partial charge in [0.05, 0.1) is 24.7 Å². The summed E-state index contributed by atoms with van der Waals surface area (Å²) in [4.78, 5) is 34.1. The number of methoxy groups -OCH3 is 1. The first-order chi connectivity index (χ1) is 19.0. The van der Waals surface area contributed by atoms with Crippen LogP contribution in [0, 0.1) is 5.92 Å². The molecule has 0 saturated heterocycles. The first-order valence-electron chi connectivity index (χ1n) is 13.4. The van der Waals surface area contributed by atoms with Gasteiger partial charge in [-0.3, -0.25) is 14.6 Å². The Balaban J connectivity index is 1.30. The molecule has 6 rings (SSSR count). The van der Waals surface area contributed by atoms with E-state index in [0.717, 1.165) is 50.5 Å². The number of benzene rings is 2. The van der Waals surface area contributed by atoms with Gasteiger partial charge in [0.2, 0.25) is 0 Å². The van der Waals surface area contributed by atoms with Gasteiger partial charge in [-0.05, 0) is 80.3 Å². The maximum absolute atomic E-state index is 14.2. The predicted molar refractivity (Wildman–Crippen MR) is 144 cm³/mol. The molecule has 3 aromatic rings. The van der Waals surface area contributed by atoms with Crippen molar-refractivity contribution in [3.63, 3.8) is 0 Å². The minimum absolute atomic E-state index is 0.0584. The van der Waals surface area contributed by atoms with E-state index in [4.69, 9.17) is 21.3 Å². The van der Waals surface area contributed by atoms with Crippen LogP contribution in [0.25, 0.3) is 0 Å². The quantitative estimate of drug-likeness (QED) is 0.434. The summed E-state index contributed by atoms with van der Waals surface area (Å²) >= 11 is 6.43. The number of aromatic amines is 1. The molecule has 39 heavy (non-hydrogen) atoms. The number of aromatic nitrogens is 4. The van der Waals surface area contributed by atoms with Crippen LogP contribution in [0.15, 0.2) is 47.5 Å². The Morgan fingerprint density at radius 3 is 2.59 bits per heavy atom. The number of H-pyrrole nitrogens is 1. The number of carbonyl (C=O) groups is 2. The number of hydrogen-bond acceptors (Lipinski definition) is 7. The van der Waals surface area contributed by atoms with Gasteiger partial charge in [0.1, 0.15) is 17.1 Å². The average molecular weight is 548 g/mol. The second-order valence-corrected chi connectivity index (χ2v) is 10.9. The van der Waals surface area contributed by atoms with Crippen LogP contribution < -0.4 is 10.1 Å². The molecule has 1 unspecified atom stereocenters. The smallest absolute Gasteiger partial charge is 0.275 e. The molecule has 11 heteroatoms. The van der Waals surface area contributed by atoms with Crippen LogP contribution in [0.1, 0.15) is 78.3 Å². The topological polar surface area (TPSA) is 125 Å². The van der Waals surface area contributed by atoms with E-state index in [0.29, 0.717) is 39.4 Å². The van der Waals surface area contributed by atoms with Gasteiger partial charge in [0.15, 0.2) is 5.82 Å². The molecule has 202 valence electrons. The van der Waals surface area contributed by atoms with Gasteiger partial charge in [-0.1, -0.05) is 35.4 Å². The number of carbonyl (C=O) groups excluding carboxylic acids is 2. The van der Waals surface area contributed by atoms with Gasteiger partial charge in [-0.15, -0.1) is 10.2 Å². The highest BCUT2D eigenvalue weighted by molar-refractivity contribution is 6.47. The summed E-state index contributed by atoms with van der Waals surface area (Å²) in [6.45, 7) is 0.183. The van der Waals surface area contributed by atoms with Crippen molar-refractivity contribution in [3.8, 4) is 5.75 Å². The van der Waals surface area contributed by atoms with Crippen LogP contribution in [0.2, 0.25) is 5.02 Å². The van der Waals surface area contributed by atoms with E-state index in [1.54, 1.807) is 19.2 Å². The van der Waals surface area contributed by atoms with E-state index in [1.165, 1.54) is 0 Å². The number of tetrazole rings is 1. The molecule has 2 aliphatic carbocycles. The highest BCUT2D eigenvalue weighted by Gasteiger charge is 2.53. The molecule has 2 aromatic carbocycles. The molecule has 1 atom stereocenters. The molecule has 2 fully saturated rings. The average Bonchev–Trinajstić information content (AvgIpc) is 3.59. The Morgan fingerprint density at radius 1 is 1.18 bits per heavy atom. The Morgan fingerprint density at radius 2 is 1.95 bits per heavy atom. The molecular formula is C28H30ClN7O3. The van der Waals surface area contributed by atoms with E-state index < -0.39 is 5.66 Å². The standard InChI is InChI=1S/C28H30ClN7O3/c1-39-22-12-11-20(15-21(22)29)24-27(38)36(28(31-24)13-3-2-4-14-28)25(17-5-6-17)18-7-9-19(10-8-18)26(37)30-16-23-32-34-35-33-23/h7-12,15,17,25H,2-6,13-14,16H2,1H3,(H,30,37)(H,32,33,34,35). The van der Waals surface area contributed by atoms with Crippen LogP contribution >= 0.6 is 11.6 Å². The fourth-order valence-corrected chi connectivity index (χ4v) is 6.12. The lowest BCUT2D eigenvalue weighted by Crippen LogP contribution is -2.50. The third kappa shape index (κ3) is 4.89. The molecule has 3 aliphatic rings.